The fraction of sp³-hybridized carbons (Fsp3) is 0.167. The van der Waals surface area contributed by atoms with Gasteiger partial charge in [0.05, 0.1) is 5.69 Å². The predicted octanol–water partition coefficient (Wildman–Crippen LogP) is 1.67. The van der Waals surface area contributed by atoms with Crippen molar-refractivity contribution >= 4 is 5.91 Å². The van der Waals surface area contributed by atoms with Crippen molar-refractivity contribution in [3.63, 3.8) is 0 Å². The summed E-state index contributed by atoms with van der Waals surface area (Å²) >= 11 is 0. The average molecular weight is 216 g/mol. The van der Waals surface area contributed by atoms with Gasteiger partial charge in [-0.15, -0.1) is 0 Å². The maximum absolute atomic E-state index is 11.1. The van der Waals surface area contributed by atoms with E-state index in [1.165, 1.54) is 0 Å². The highest BCUT2D eigenvalue weighted by Crippen LogP contribution is 2.14. The minimum absolute atomic E-state index is 0.154. The van der Waals surface area contributed by atoms with Gasteiger partial charge in [-0.05, 0) is 5.56 Å². The molecule has 0 saturated heterocycles. The molecule has 1 heterocycles. The molecular weight excluding hydrogens is 204 g/mol. The number of oxazole rings is 1. The lowest BCUT2D eigenvalue weighted by Gasteiger charge is -1.98. The highest BCUT2D eigenvalue weighted by molar-refractivity contribution is 5.91. The molecule has 2 N–H and O–H groups in total. The second-order valence-corrected chi connectivity index (χ2v) is 3.54. The standard InChI is InChI=1S/C12H12N2O2/c1-8-14-10(11(16-8)12(13)15)7-9-5-3-2-4-6-9/h2-6H,7H2,1H3,(H2,13,15). The Balaban J connectivity index is 2.31. The molecule has 0 aliphatic rings. The first-order valence-corrected chi connectivity index (χ1v) is 4.97. The lowest BCUT2D eigenvalue weighted by Crippen LogP contribution is -2.12. The Morgan fingerprint density at radius 3 is 2.69 bits per heavy atom. The average Bonchev–Trinajstić information content (AvgIpc) is 2.61. The van der Waals surface area contributed by atoms with Crippen LogP contribution in [-0.2, 0) is 6.42 Å². The van der Waals surface area contributed by atoms with Crippen molar-refractivity contribution in [2.45, 2.75) is 13.3 Å². The van der Waals surface area contributed by atoms with Crippen molar-refractivity contribution in [1.82, 2.24) is 4.98 Å². The van der Waals surface area contributed by atoms with Crippen LogP contribution in [0.4, 0.5) is 0 Å². The zero-order chi connectivity index (χ0) is 11.5. The summed E-state index contributed by atoms with van der Waals surface area (Å²) in [7, 11) is 0. The monoisotopic (exact) mass is 216 g/mol. The first kappa shape index (κ1) is 10.4. The summed E-state index contributed by atoms with van der Waals surface area (Å²) in [5.41, 5.74) is 6.87. The molecule has 0 atom stereocenters. The van der Waals surface area contributed by atoms with Gasteiger partial charge in [-0.3, -0.25) is 4.79 Å². The van der Waals surface area contributed by atoms with Crippen LogP contribution in [-0.4, -0.2) is 10.9 Å². The second-order valence-electron chi connectivity index (χ2n) is 3.54. The largest absolute Gasteiger partial charge is 0.436 e. The van der Waals surface area contributed by atoms with Crippen molar-refractivity contribution in [2.75, 3.05) is 0 Å². The molecule has 4 nitrogen and oxygen atoms in total. The Morgan fingerprint density at radius 1 is 1.38 bits per heavy atom. The van der Waals surface area contributed by atoms with E-state index in [9.17, 15) is 4.79 Å². The number of carbonyl (C=O) groups excluding carboxylic acids is 1. The van der Waals surface area contributed by atoms with Crippen LogP contribution in [0.1, 0.15) is 27.7 Å². The summed E-state index contributed by atoms with van der Waals surface area (Å²) in [5, 5.41) is 0. The van der Waals surface area contributed by atoms with E-state index >= 15 is 0 Å². The van der Waals surface area contributed by atoms with Gasteiger partial charge in [0.1, 0.15) is 0 Å². The fourth-order valence-electron chi connectivity index (χ4n) is 1.57. The van der Waals surface area contributed by atoms with Gasteiger partial charge < -0.3 is 10.2 Å². The highest BCUT2D eigenvalue weighted by atomic mass is 16.4. The molecule has 0 aliphatic heterocycles. The van der Waals surface area contributed by atoms with Gasteiger partial charge in [-0.2, -0.15) is 0 Å². The second kappa shape index (κ2) is 4.18. The molecule has 0 radical (unpaired) electrons. The summed E-state index contributed by atoms with van der Waals surface area (Å²) in [6.07, 6.45) is 0.552. The van der Waals surface area contributed by atoms with E-state index in [2.05, 4.69) is 4.98 Å². The van der Waals surface area contributed by atoms with Crippen LogP contribution in [0.25, 0.3) is 0 Å². The molecule has 0 bridgehead atoms. The number of carbonyl (C=O) groups is 1. The first-order valence-electron chi connectivity index (χ1n) is 4.97. The molecular formula is C12H12N2O2. The van der Waals surface area contributed by atoms with E-state index in [0.717, 1.165) is 5.56 Å². The number of amides is 1. The molecule has 0 unspecified atom stereocenters. The van der Waals surface area contributed by atoms with E-state index in [4.69, 9.17) is 10.2 Å². The lowest BCUT2D eigenvalue weighted by molar-refractivity contribution is 0.0971. The molecule has 82 valence electrons. The summed E-state index contributed by atoms with van der Waals surface area (Å²) in [6, 6.07) is 9.74. The van der Waals surface area contributed by atoms with E-state index in [0.29, 0.717) is 18.0 Å². The molecule has 1 amide bonds. The topological polar surface area (TPSA) is 69.1 Å². The van der Waals surface area contributed by atoms with Gasteiger partial charge in [0.2, 0.25) is 5.76 Å². The molecule has 16 heavy (non-hydrogen) atoms. The number of rotatable bonds is 3. The van der Waals surface area contributed by atoms with Crippen LogP contribution in [0, 0.1) is 6.92 Å². The lowest BCUT2D eigenvalue weighted by atomic mass is 10.1. The Kier molecular flexibility index (Phi) is 2.72. The van der Waals surface area contributed by atoms with Gasteiger partial charge in [0.25, 0.3) is 5.91 Å². The van der Waals surface area contributed by atoms with Gasteiger partial charge in [-0.25, -0.2) is 4.98 Å². The molecule has 0 spiro atoms. The van der Waals surface area contributed by atoms with E-state index in [1.54, 1.807) is 6.92 Å². The fourth-order valence-corrected chi connectivity index (χ4v) is 1.57. The Morgan fingerprint density at radius 2 is 2.06 bits per heavy atom. The van der Waals surface area contributed by atoms with Gasteiger partial charge in [0.15, 0.2) is 5.89 Å². The number of aromatic nitrogens is 1. The third-order valence-electron chi connectivity index (χ3n) is 2.24. The SMILES string of the molecule is Cc1nc(Cc2ccccc2)c(C(N)=O)o1. The minimum Gasteiger partial charge on any atom is -0.436 e. The van der Waals surface area contributed by atoms with Crippen molar-refractivity contribution in [2.24, 2.45) is 5.73 Å². The molecule has 2 rings (SSSR count). The van der Waals surface area contributed by atoms with Crippen molar-refractivity contribution in [1.29, 1.82) is 0 Å². The van der Waals surface area contributed by atoms with Crippen molar-refractivity contribution in [3.05, 3.63) is 53.2 Å². The zero-order valence-electron chi connectivity index (χ0n) is 8.93. The number of benzene rings is 1. The number of nitrogens with two attached hydrogens (primary N) is 1. The molecule has 1 aromatic carbocycles. The number of hydrogen-bond acceptors (Lipinski definition) is 3. The smallest absolute Gasteiger partial charge is 0.286 e. The summed E-state index contributed by atoms with van der Waals surface area (Å²) in [5.74, 6) is 0.0348. The summed E-state index contributed by atoms with van der Waals surface area (Å²) in [4.78, 5) is 15.3. The maximum atomic E-state index is 11.1. The molecule has 4 heteroatoms. The van der Waals surface area contributed by atoms with Gasteiger partial charge in [0, 0.05) is 13.3 Å². The molecule has 0 aliphatic carbocycles. The van der Waals surface area contributed by atoms with Crippen LogP contribution in [0.5, 0.6) is 0 Å². The summed E-state index contributed by atoms with van der Waals surface area (Å²) in [6.45, 7) is 1.70. The first-order chi connectivity index (χ1) is 7.66. The van der Waals surface area contributed by atoms with E-state index in [-0.39, 0.29) is 5.76 Å². The van der Waals surface area contributed by atoms with Crippen LogP contribution < -0.4 is 5.73 Å². The third-order valence-corrected chi connectivity index (χ3v) is 2.24. The Hall–Kier alpha value is -2.10. The van der Waals surface area contributed by atoms with Gasteiger partial charge in [-0.1, -0.05) is 30.3 Å². The van der Waals surface area contributed by atoms with Crippen molar-refractivity contribution < 1.29 is 9.21 Å². The van der Waals surface area contributed by atoms with Gasteiger partial charge >= 0.3 is 0 Å². The Bertz CT molecular complexity index is 503. The Labute approximate surface area is 93.1 Å². The van der Waals surface area contributed by atoms with E-state index < -0.39 is 5.91 Å². The number of nitrogens with zero attached hydrogens (tertiary/aromatic N) is 1. The van der Waals surface area contributed by atoms with Crippen LogP contribution in [0.15, 0.2) is 34.7 Å². The molecule has 2 aromatic rings. The number of aryl methyl sites for hydroxylation is 1. The number of hydrogen-bond donors (Lipinski definition) is 1. The minimum atomic E-state index is -0.577. The van der Waals surface area contributed by atoms with Crippen LogP contribution in [0.2, 0.25) is 0 Å². The zero-order valence-corrected chi connectivity index (χ0v) is 8.93. The highest BCUT2D eigenvalue weighted by Gasteiger charge is 2.16. The normalized spacial score (nSPS) is 10.3. The molecule has 0 saturated carbocycles. The van der Waals surface area contributed by atoms with Crippen LogP contribution in [0.3, 0.4) is 0 Å². The summed E-state index contributed by atoms with van der Waals surface area (Å²) < 4.78 is 5.16. The predicted molar refractivity (Wildman–Crippen MR) is 59.0 cm³/mol. The van der Waals surface area contributed by atoms with E-state index in [1.807, 2.05) is 30.3 Å². The number of primary amides is 1. The third kappa shape index (κ3) is 2.11. The molecule has 1 aromatic heterocycles. The molecule has 0 fully saturated rings. The quantitative estimate of drug-likeness (QED) is 0.848. The maximum Gasteiger partial charge on any atom is 0.286 e. The van der Waals surface area contributed by atoms with Crippen molar-refractivity contribution in [3.8, 4) is 0 Å². The van der Waals surface area contributed by atoms with Crippen LogP contribution >= 0.6 is 0 Å².